The van der Waals surface area contributed by atoms with Crippen LogP contribution in [0.5, 0.6) is 17.5 Å². The lowest BCUT2D eigenvalue weighted by Crippen LogP contribution is -2.45. The van der Waals surface area contributed by atoms with Gasteiger partial charge in [-0.05, 0) is 58.9 Å². The van der Waals surface area contributed by atoms with Crippen LogP contribution in [0, 0.1) is 17.6 Å². The Labute approximate surface area is 242 Å². The monoisotopic (exact) mass is 584 g/mol. The molecule has 0 aliphatic carbocycles. The molecule has 0 radical (unpaired) electrons. The average Bonchev–Trinajstić information content (AvgIpc) is 2.98. The molecule has 4 rings (SSSR count). The summed E-state index contributed by atoms with van der Waals surface area (Å²) in [5.74, 6) is -4.76. The molecule has 1 aromatic heterocycles. The van der Waals surface area contributed by atoms with E-state index < -0.39 is 35.5 Å². The third-order valence-electron chi connectivity index (χ3n) is 6.50. The van der Waals surface area contributed by atoms with E-state index >= 15 is 0 Å². The Kier molecular flexibility index (Phi) is 10.3. The number of nitrogens with two attached hydrogens (primary N) is 1. The Hall–Kier alpha value is -4.29. The van der Waals surface area contributed by atoms with Crippen LogP contribution in [-0.4, -0.2) is 59.4 Å². The highest BCUT2D eigenvalue weighted by molar-refractivity contribution is 5.74. The fraction of sp³-hybridized carbons (Fsp3) is 0.367. The first-order valence-electron chi connectivity index (χ1n) is 13.6. The molecule has 1 aliphatic heterocycles. The van der Waals surface area contributed by atoms with E-state index in [9.17, 15) is 23.5 Å². The summed E-state index contributed by atoms with van der Waals surface area (Å²) in [6, 6.07) is 12.9. The second kappa shape index (κ2) is 14.1. The molecule has 1 saturated heterocycles. The van der Waals surface area contributed by atoms with Crippen molar-refractivity contribution in [2.24, 2.45) is 11.7 Å². The molecule has 0 saturated carbocycles. The normalized spacial score (nSPS) is 14.0. The second-order valence-corrected chi connectivity index (χ2v) is 10.3. The fourth-order valence-corrected chi connectivity index (χ4v) is 4.38. The largest absolute Gasteiger partial charge is 0.479 e. The number of morpholine rings is 1. The van der Waals surface area contributed by atoms with Crippen molar-refractivity contribution in [2.75, 3.05) is 26.3 Å². The van der Waals surface area contributed by atoms with E-state index in [2.05, 4.69) is 10.3 Å². The third kappa shape index (κ3) is 8.14. The van der Waals surface area contributed by atoms with Gasteiger partial charge < -0.3 is 35.3 Å². The number of carboxylic acid groups (broad SMARTS) is 1. The minimum atomic E-state index is -1.38. The number of nitrogens with zero attached hydrogens (tertiary/aromatic N) is 2. The lowest BCUT2D eigenvalue weighted by Gasteiger charge is -2.27. The van der Waals surface area contributed by atoms with Gasteiger partial charge in [-0.25, -0.2) is 18.4 Å². The van der Waals surface area contributed by atoms with Gasteiger partial charge in [0.25, 0.3) is 11.8 Å². The van der Waals surface area contributed by atoms with Crippen molar-refractivity contribution in [2.45, 2.75) is 39.5 Å². The first kappa shape index (κ1) is 30.7. The highest BCUT2D eigenvalue weighted by Crippen LogP contribution is 2.32. The molecule has 1 unspecified atom stereocenters. The van der Waals surface area contributed by atoms with E-state index in [4.69, 9.17) is 19.9 Å². The van der Waals surface area contributed by atoms with Crippen molar-refractivity contribution < 1.29 is 37.7 Å². The number of aromatic nitrogens is 1. The van der Waals surface area contributed by atoms with Gasteiger partial charge in [-0.3, -0.25) is 0 Å². The summed E-state index contributed by atoms with van der Waals surface area (Å²) in [6.45, 7) is 5.93. The summed E-state index contributed by atoms with van der Waals surface area (Å²) in [5.41, 5.74) is 8.85. The predicted octanol–water partition coefficient (Wildman–Crippen LogP) is 4.70. The Morgan fingerprint density at radius 2 is 1.76 bits per heavy atom. The van der Waals surface area contributed by atoms with Crippen LogP contribution >= 0.6 is 0 Å². The van der Waals surface area contributed by atoms with Crippen LogP contribution in [-0.2, 0) is 22.6 Å². The van der Waals surface area contributed by atoms with Crippen LogP contribution < -0.4 is 20.5 Å². The Bertz CT molecular complexity index is 1410. The van der Waals surface area contributed by atoms with Gasteiger partial charge in [0.15, 0.2) is 17.7 Å². The summed E-state index contributed by atoms with van der Waals surface area (Å²) >= 11 is 0. The van der Waals surface area contributed by atoms with Crippen molar-refractivity contribution in [3.63, 3.8) is 0 Å². The van der Waals surface area contributed by atoms with Crippen molar-refractivity contribution >= 4 is 12.0 Å². The van der Waals surface area contributed by atoms with Crippen LogP contribution in [0.15, 0.2) is 48.5 Å². The number of halogens is 2. The Balaban J connectivity index is 1.64. The summed E-state index contributed by atoms with van der Waals surface area (Å²) in [4.78, 5) is 29.8. The van der Waals surface area contributed by atoms with Gasteiger partial charge in [-0.2, -0.15) is 4.98 Å². The maximum atomic E-state index is 14.8. The standard InChI is InChI=1S/C30H34F2N4O6/c1-18(2)10-26(29(37)38)42-28-25(32)15-24(31)27(35-28)41-23-13-20(17-34-30(39)36-6-8-40-9-7-36)12-22(14-23)21-5-3-4-19(11-21)16-33/h3-5,11-15,18,26H,6-10,16-17,33H2,1-2H3,(H,34,39)(H,37,38). The quantitative estimate of drug-likeness (QED) is 0.295. The molecule has 0 spiro atoms. The molecule has 3 aromatic rings. The molecule has 2 aromatic carbocycles. The minimum absolute atomic E-state index is 0.0620. The number of carbonyl (C=O) groups excluding carboxylic acids is 1. The van der Waals surface area contributed by atoms with Crippen LogP contribution in [0.1, 0.15) is 31.4 Å². The van der Waals surface area contributed by atoms with Crippen molar-refractivity contribution in [3.8, 4) is 28.6 Å². The number of carbonyl (C=O) groups is 2. The maximum Gasteiger partial charge on any atom is 0.344 e. The SMILES string of the molecule is CC(C)CC(Oc1nc(Oc2cc(CNC(=O)N3CCOCC3)cc(-c3cccc(CN)c3)c2)c(F)cc1F)C(=O)O. The van der Waals surface area contributed by atoms with Crippen molar-refractivity contribution in [1.29, 1.82) is 0 Å². The maximum absolute atomic E-state index is 14.8. The van der Waals surface area contributed by atoms with Gasteiger partial charge in [0.2, 0.25) is 0 Å². The van der Waals surface area contributed by atoms with E-state index in [1.807, 2.05) is 30.3 Å². The molecule has 224 valence electrons. The number of pyridine rings is 1. The van der Waals surface area contributed by atoms with E-state index in [1.165, 1.54) is 0 Å². The zero-order valence-electron chi connectivity index (χ0n) is 23.4. The lowest BCUT2D eigenvalue weighted by atomic mass is 10.0. The number of urea groups is 1. The minimum Gasteiger partial charge on any atom is -0.479 e. The van der Waals surface area contributed by atoms with Gasteiger partial charge in [0.05, 0.1) is 13.2 Å². The molecule has 12 heteroatoms. The van der Waals surface area contributed by atoms with Crippen LogP contribution in [0.3, 0.4) is 0 Å². The second-order valence-electron chi connectivity index (χ2n) is 10.3. The van der Waals surface area contributed by atoms with E-state index in [1.54, 1.807) is 30.9 Å². The van der Waals surface area contributed by atoms with E-state index in [0.717, 1.165) is 11.1 Å². The molecular weight excluding hydrogens is 550 g/mol. The molecule has 1 fully saturated rings. The molecule has 2 amide bonds. The number of hydrogen-bond acceptors (Lipinski definition) is 7. The molecule has 1 atom stereocenters. The smallest absolute Gasteiger partial charge is 0.344 e. The number of aliphatic carboxylic acids is 1. The van der Waals surface area contributed by atoms with Crippen LogP contribution in [0.25, 0.3) is 11.1 Å². The van der Waals surface area contributed by atoms with Gasteiger partial charge >= 0.3 is 12.0 Å². The van der Waals surface area contributed by atoms with Crippen molar-refractivity contribution in [3.05, 3.63) is 71.3 Å². The molecule has 4 N–H and O–H groups in total. The Morgan fingerprint density at radius 1 is 1.05 bits per heavy atom. The molecule has 42 heavy (non-hydrogen) atoms. The Morgan fingerprint density at radius 3 is 2.45 bits per heavy atom. The van der Waals surface area contributed by atoms with Gasteiger partial charge in [-0.15, -0.1) is 0 Å². The van der Waals surface area contributed by atoms with Gasteiger partial charge in [0.1, 0.15) is 5.75 Å². The zero-order valence-corrected chi connectivity index (χ0v) is 23.4. The fourth-order valence-electron chi connectivity index (χ4n) is 4.38. The number of ether oxygens (including phenoxy) is 3. The van der Waals surface area contributed by atoms with Gasteiger partial charge in [0, 0.05) is 32.2 Å². The first-order chi connectivity index (χ1) is 20.1. The topological polar surface area (TPSA) is 136 Å². The van der Waals surface area contributed by atoms with Crippen molar-refractivity contribution in [1.82, 2.24) is 15.2 Å². The highest BCUT2D eigenvalue weighted by atomic mass is 19.1. The number of rotatable bonds is 11. The summed E-state index contributed by atoms with van der Waals surface area (Å²) < 4.78 is 45.7. The zero-order chi connectivity index (χ0) is 30.2. The molecule has 1 aliphatic rings. The first-order valence-corrected chi connectivity index (χ1v) is 13.6. The molecule has 10 nitrogen and oxygen atoms in total. The molecular formula is C30H34F2N4O6. The number of amides is 2. The van der Waals surface area contributed by atoms with E-state index in [-0.39, 0.29) is 30.7 Å². The number of carboxylic acids is 1. The lowest BCUT2D eigenvalue weighted by molar-refractivity contribution is -0.146. The number of nitrogens with one attached hydrogen (secondary N) is 1. The van der Waals surface area contributed by atoms with Gasteiger partial charge in [-0.1, -0.05) is 32.0 Å². The predicted molar refractivity (Wildman–Crippen MR) is 150 cm³/mol. The number of hydrogen-bond donors (Lipinski definition) is 3. The third-order valence-corrected chi connectivity index (χ3v) is 6.50. The highest BCUT2D eigenvalue weighted by Gasteiger charge is 2.25. The van der Waals surface area contributed by atoms with E-state index in [0.29, 0.717) is 50.0 Å². The number of benzene rings is 2. The average molecular weight is 585 g/mol. The van der Waals surface area contributed by atoms with Crippen LogP contribution in [0.2, 0.25) is 0 Å². The summed E-state index contributed by atoms with van der Waals surface area (Å²) in [6.07, 6.45) is -1.29. The molecule has 2 heterocycles. The summed E-state index contributed by atoms with van der Waals surface area (Å²) in [5, 5.41) is 12.4. The summed E-state index contributed by atoms with van der Waals surface area (Å²) in [7, 11) is 0. The molecule has 0 bridgehead atoms. The van der Waals surface area contributed by atoms with Crippen LogP contribution in [0.4, 0.5) is 13.6 Å².